The van der Waals surface area contributed by atoms with Gasteiger partial charge in [-0.05, 0) is 62.2 Å². The highest BCUT2D eigenvalue weighted by Gasteiger charge is 2.19. The van der Waals surface area contributed by atoms with Gasteiger partial charge in [-0.3, -0.25) is 4.79 Å². The molecule has 0 unspecified atom stereocenters. The predicted molar refractivity (Wildman–Crippen MR) is 116 cm³/mol. The molecule has 0 bridgehead atoms. The molecule has 1 aromatic heterocycles. The second-order valence-corrected chi connectivity index (χ2v) is 7.54. The summed E-state index contributed by atoms with van der Waals surface area (Å²) in [5, 5.41) is 7.55. The van der Waals surface area contributed by atoms with Crippen molar-refractivity contribution in [3.05, 3.63) is 69.5 Å². The van der Waals surface area contributed by atoms with Crippen molar-refractivity contribution in [3.8, 4) is 17.2 Å². The number of carbonyl (C=O) groups is 1. The molecule has 0 aliphatic carbocycles. The Hall–Kier alpha value is -2.80. The average molecular weight is 458 g/mol. The Labute approximate surface area is 179 Å². The average Bonchev–Trinajstić information content (AvgIpc) is 3.02. The first-order chi connectivity index (χ1) is 13.9. The quantitative estimate of drug-likeness (QED) is 0.575. The highest BCUT2D eigenvalue weighted by molar-refractivity contribution is 9.10. The van der Waals surface area contributed by atoms with Crippen LogP contribution in [0.5, 0.6) is 11.5 Å². The summed E-state index contributed by atoms with van der Waals surface area (Å²) in [6.07, 6.45) is 0.686. The monoisotopic (exact) mass is 457 g/mol. The maximum absolute atomic E-state index is 12.8. The van der Waals surface area contributed by atoms with Gasteiger partial charge in [-0.2, -0.15) is 5.10 Å². The summed E-state index contributed by atoms with van der Waals surface area (Å²) < 4.78 is 13.4. The third-order valence-corrected chi connectivity index (χ3v) is 5.27. The van der Waals surface area contributed by atoms with Gasteiger partial charge in [-0.15, -0.1) is 0 Å². The van der Waals surface area contributed by atoms with E-state index in [0.29, 0.717) is 35.7 Å². The molecule has 0 spiro atoms. The van der Waals surface area contributed by atoms with Gasteiger partial charge in [-0.1, -0.05) is 22.0 Å². The largest absolute Gasteiger partial charge is 0.493 e. The second-order valence-electron chi connectivity index (χ2n) is 6.63. The van der Waals surface area contributed by atoms with E-state index in [9.17, 15) is 4.79 Å². The van der Waals surface area contributed by atoms with Crippen molar-refractivity contribution >= 4 is 21.8 Å². The van der Waals surface area contributed by atoms with E-state index in [1.165, 1.54) is 0 Å². The van der Waals surface area contributed by atoms with Crippen LogP contribution >= 0.6 is 15.9 Å². The molecule has 0 saturated heterocycles. The molecule has 2 aromatic carbocycles. The third kappa shape index (κ3) is 4.62. The number of methoxy groups -OCH3 is 2. The van der Waals surface area contributed by atoms with Crippen molar-refractivity contribution in [2.45, 2.75) is 20.3 Å². The van der Waals surface area contributed by atoms with Gasteiger partial charge in [0.15, 0.2) is 11.5 Å². The number of aromatic nitrogens is 2. The Balaban J connectivity index is 1.69. The smallest absolute Gasteiger partial charge is 0.255 e. The van der Waals surface area contributed by atoms with Crippen LogP contribution in [0.3, 0.4) is 0 Å². The van der Waals surface area contributed by atoms with Crippen LogP contribution in [0, 0.1) is 13.8 Å². The van der Waals surface area contributed by atoms with Crippen molar-refractivity contribution in [2.24, 2.45) is 0 Å². The van der Waals surface area contributed by atoms with Gasteiger partial charge in [0, 0.05) is 11.0 Å². The van der Waals surface area contributed by atoms with Gasteiger partial charge in [0.25, 0.3) is 5.91 Å². The second kappa shape index (κ2) is 9.13. The van der Waals surface area contributed by atoms with Crippen molar-refractivity contribution < 1.29 is 14.3 Å². The molecule has 0 aliphatic heterocycles. The van der Waals surface area contributed by atoms with Crippen molar-refractivity contribution in [1.29, 1.82) is 0 Å². The fraction of sp³-hybridized carbons (Fsp3) is 0.273. The molecule has 152 valence electrons. The molecule has 0 saturated carbocycles. The SMILES string of the molecule is COc1ccc(CCNC(=O)c2c(C)nn(-c3ccc(Br)cc3)c2C)cc1OC. The summed E-state index contributed by atoms with van der Waals surface area (Å²) in [6.45, 7) is 4.27. The first kappa shape index (κ1) is 20.9. The number of hydrogen-bond acceptors (Lipinski definition) is 4. The highest BCUT2D eigenvalue weighted by Crippen LogP contribution is 2.27. The van der Waals surface area contributed by atoms with Gasteiger partial charge < -0.3 is 14.8 Å². The highest BCUT2D eigenvalue weighted by atomic mass is 79.9. The Morgan fingerprint density at radius 3 is 2.41 bits per heavy atom. The molecule has 3 rings (SSSR count). The third-order valence-electron chi connectivity index (χ3n) is 4.74. The van der Waals surface area contributed by atoms with Crippen LogP contribution in [0.15, 0.2) is 46.9 Å². The molecule has 1 heterocycles. The number of amides is 1. The maximum Gasteiger partial charge on any atom is 0.255 e. The first-order valence-corrected chi connectivity index (χ1v) is 10.0. The Morgan fingerprint density at radius 2 is 1.76 bits per heavy atom. The van der Waals surface area contributed by atoms with E-state index in [4.69, 9.17) is 9.47 Å². The fourth-order valence-corrected chi connectivity index (χ4v) is 3.51. The van der Waals surface area contributed by atoms with Crippen LogP contribution in [0.4, 0.5) is 0 Å². The molecule has 0 atom stereocenters. The minimum absolute atomic E-state index is 0.121. The summed E-state index contributed by atoms with van der Waals surface area (Å²) in [6, 6.07) is 13.6. The van der Waals surface area contributed by atoms with E-state index in [-0.39, 0.29) is 5.91 Å². The lowest BCUT2D eigenvalue weighted by molar-refractivity contribution is 0.0953. The number of rotatable bonds is 7. The Bertz CT molecular complexity index is 1010. The zero-order valence-corrected chi connectivity index (χ0v) is 18.5. The minimum Gasteiger partial charge on any atom is -0.493 e. The van der Waals surface area contributed by atoms with E-state index in [1.54, 1.807) is 18.9 Å². The summed E-state index contributed by atoms with van der Waals surface area (Å²) in [7, 11) is 3.22. The number of hydrogen-bond donors (Lipinski definition) is 1. The molecule has 3 aromatic rings. The molecule has 0 radical (unpaired) electrons. The van der Waals surface area contributed by atoms with Gasteiger partial charge in [0.1, 0.15) is 0 Å². The normalized spacial score (nSPS) is 10.7. The van der Waals surface area contributed by atoms with Gasteiger partial charge in [-0.25, -0.2) is 4.68 Å². The van der Waals surface area contributed by atoms with Crippen molar-refractivity contribution in [1.82, 2.24) is 15.1 Å². The lowest BCUT2D eigenvalue weighted by Crippen LogP contribution is -2.26. The number of carbonyl (C=O) groups excluding carboxylic acids is 1. The van der Waals surface area contributed by atoms with Crippen LogP contribution in [-0.4, -0.2) is 36.5 Å². The standard InChI is InChI=1S/C22H24BrN3O3/c1-14-21(15(2)26(25-14)18-8-6-17(23)7-9-18)22(27)24-12-11-16-5-10-19(28-3)20(13-16)29-4/h5-10,13H,11-12H2,1-4H3,(H,24,27). The number of halogens is 1. The Kier molecular flexibility index (Phi) is 6.59. The molecular formula is C22H24BrN3O3. The van der Waals surface area contributed by atoms with Crippen molar-refractivity contribution in [3.63, 3.8) is 0 Å². The van der Waals surface area contributed by atoms with E-state index in [2.05, 4.69) is 26.3 Å². The van der Waals surface area contributed by atoms with Crippen LogP contribution in [0.25, 0.3) is 5.69 Å². The first-order valence-electron chi connectivity index (χ1n) is 9.26. The number of nitrogens with one attached hydrogen (secondary N) is 1. The molecule has 29 heavy (non-hydrogen) atoms. The molecule has 6 nitrogen and oxygen atoms in total. The van der Waals surface area contributed by atoms with Crippen LogP contribution < -0.4 is 14.8 Å². The molecule has 0 fully saturated rings. The predicted octanol–water partition coefficient (Wildman–Crippen LogP) is 4.24. The summed E-state index contributed by atoms with van der Waals surface area (Å²) in [5.74, 6) is 1.24. The number of ether oxygens (including phenoxy) is 2. The summed E-state index contributed by atoms with van der Waals surface area (Å²) in [5.41, 5.74) is 4.10. The molecular weight excluding hydrogens is 434 g/mol. The number of benzene rings is 2. The lowest BCUT2D eigenvalue weighted by Gasteiger charge is -2.10. The van der Waals surface area contributed by atoms with Crippen LogP contribution in [0.2, 0.25) is 0 Å². The summed E-state index contributed by atoms with van der Waals surface area (Å²) in [4.78, 5) is 12.8. The van der Waals surface area contributed by atoms with Gasteiger partial charge >= 0.3 is 0 Å². The van der Waals surface area contributed by atoms with Crippen molar-refractivity contribution in [2.75, 3.05) is 20.8 Å². The fourth-order valence-electron chi connectivity index (χ4n) is 3.25. The minimum atomic E-state index is -0.121. The van der Waals surface area contributed by atoms with E-state index < -0.39 is 0 Å². The topological polar surface area (TPSA) is 65.4 Å². The molecule has 0 aliphatic rings. The molecule has 1 N–H and O–H groups in total. The lowest BCUT2D eigenvalue weighted by atomic mass is 10.1. The maximum atomic E-state index is 12.8. The number of aryl methyl sites for hydroxylation is 1. The molecule has 7 heteroatoms. The summed E-state index contributed by atoms with van der Waals surface area (Å²) >= 11 is 3.44. The zero-order valence-electron chi connectivity index (χ0n) is 17.0. The Morgan fingerprint density at radius 1 is 1.07 bits per heavy atom. The van der Waals surface area contributed by atoms with E-state index in [1.807, 2.05) is 56.3 Å². The molecule has 1 amide bonds. The van der Waals surface area contributed by atoms with E-state index >= 15 is 0 Å². The van der Waals surface area contributed by atoms with Gasteiger partial charge in [0.2, 0.25) is 0 Å². The van der Waals surface area contributed by atoms with Crippen LogP contribution in [0.1, 0.15) is 27.3 Å². The zero-order chi connectivity index (χ0) is 21.0. The van der Waals surface area contributed by atoms with E-state index in [0.717, 1.165) is 21.4 Å². The van der Waals surface area contributed by atoms with Crippen LogP contribution in [-0.2, 0) is 6.42 Å². The van der Waals surface area contributed by atoms with Gasteiger partial charge in [0.05, 0.1) is 36.9 Å². The number of nitrogens with zero attached hydrogens (tertiary/aromatic N) is 2.